The van der Waals surface area contributed by atoms with Crippen molar-refractivity contribution in [2.75, 3.05) is 0 Å². The topological polar surface area (TPSA) is 145 Å². The molecule has 238 valence electrons. The third-order valence-electron chi connectivity index (χ3n) is 7.75. The number of nitrogens with one attached hydrogen (secondary N) is 4. The Balaban J connectivity index is 1.54. The number of H-pyrrole nitrogens is 1. The monoisotopic (exact) mass is 623 g/mol. The molecule has 10 nitrogen and oxygen atoms in total. The van der Waals surface area contributed by atoms with Gasteiger partial charge in [0.1, 0.15) is 23.8 Å². The van der Waals surface area contributed by atoms with Gasteiger partial charge in [0.25, 0.3) is 0 Å². The first-order valence-corrected chi connectivity index (χ1v) is 16.3. The predicted octanol–water partition coefficient (Wildman–Crippen LogP) is 4.82. The number of hydrogen-bond donors (Lipinski definition) is 5. The highest BCUT2D eigenvalue weighted by molar-refractivity contribution is 7.10. The van der Waals surface area contributed by atoms with Crippen LogP contribution in [0, 0.1) is 5.92 Å². The zero-order chi connectivity index (χ0) is 31.5. The second-order valence-electron chi connectivity index (χ2n) is 12.5. The van der Waals surface area contributed by atoms with Crippen LogP contribution in [0.4, 0.5) is 4.79 Å². The average Bonchev–Trinajstić information content (AvgIpc) is 3.71. The quantitative estimate of drug-likeness (QED) is 0.185. The number of hydrogen-bond acceptors (Lipinski definition) is 7. The van der Waals surface area contributed by atoms with E-state index in [9.17, 15) is 19.5 Å². The summed E-state index contributed by atoms with van der Waals surface area (Å²) >= 11 is 1.45. The van der Waals surface area contributed by atoms with Gasteiger partial charge < -0.3 is 30.8 Å². The van der Waals surface area contributed by atoms with Crippen molar-refractivity contribution >= 4 is 29.2 Å². The molecular weight excluding hydrogens is 578 g/mol. The van der Waals surface area contributed by atoms with Crippen LogP contribution < -0.4 is 16.0 Å². The Hall–Kier alpha value is -3.70. The molecule has 3 aromatic rings. The molecule has 0 unspecified atom stereocenters. The van der Waals surface area contributed by atoms with Gasteiger partial charge in [-0.2, -0.15) is 0 Å². The molecule has 4 rings (SSSR count). The van der Waals surface area contributed by atoms with Gasteiger partial charge in [-0.1, -0.05) is 68.5 Å². The number of amides is 3. The lowest BCUT2D eigenvalue weighted by atomic mass is 9.83. The molecule has 1 fully saturated rings. The van der Waals surface area contributed by atoms with Gasteiger partial charge in [0.15, 0.2) is 0 Å². The number of alkyl carbamates (subject to hydrolysis) is 1. The van der Waals surface area contributed by atoms with E-state index in [-0.39, 0.29) is 12.8 Å². The Bertz CT molecular complexity index is 1300. The highest BCUT2D eigenvalue weighted by Gasteiger charge is 2.33. The lowest BCUT2D eigenvalue weighted by Crippen LogP contribution is -2.57. The Kier molecular flexibility index (Phi) is 12.0. The molecule has 1 aliphatic rings. The zero-order valence-electron chi connectivity index (χ0n) is 25.8. The van der Waals surface area contributed by atoms with E-state index in [0.29, 0.717) is 18.0 Å². The van der Waals surface area contributed by atoms with Crippen LogP contribution in [0.5, 0.6) is 0 Å². The number of nitrogens with zero attached hydrogens (tertiary/aromatic N) is 1. The zero-order valence-corrected chi connectivity index (χ0v) is 26.6. The van der Waals surface area contributed by atoms with E-state index >= 15 is 0 Å². The summed E-state index contributed by atoms with van der Waals surface area (Å²) in [6.07, 6.45) is 8.18. The van der Waals surface area contributed by atoms with Gasteiger partial charge in [-0.05, 0) is 50.1 Å². The Morgan fingerprint density at radius 3 is 2.32 bits per heavy atom. The minimum atomic E-state index is -1.01. The van der Waals surface area contributed by atoms with E-state index in [1.807, 2.05) is 47.8 Å². The number of thiophene rings is 1. The van der Waals surface area contributed by atoms with Crippen LogP contribution in [0.2, 0.25) is 0 Å². The van der Waals surface area contributed by atoms with Crippen LogP contribution in [0.3, 0.4) is 0 Å². The SMILES string of the molecule is CC(C)(C)OC(=O)N[C@@H](Cc1ccccc1)C(=O)N[C@@H](Cc1c[nH]cn1)C(=O)N[C@@H](CC1CCCCC1)[C@@H](O)c1cccs1. The number of rotatable bonds is 13. The molecule has 0 aliphatic heterocycles. The molecule has 2 heterocycles. The smallest absolute Gasteiger partial charge is 0.408 e. The standard InChI is InChI=1S/C33H45N5O5S/c1-33(2,3)43-32(42)38-26(18-23-13-8-5-9-14-23)30(40)37-27(19-24-20-34-21-35-24)31(41)36-25(17-22-11-6-4-7-12-22)29(39)28-15-10-16-44-28/h5,8-10,13-16,20-22,25-27,29,39H,4,6-7,11-12,17-19H2,1-3H3,(H,34,35)(H,36,41)(H,37,40)(H,38,42)/t25-,26-,27-,29+/m0/s1. The van der Waals surface area contributed by atoms with E-state index in [1.54, 1.807) is 27.0 Å². The van der Waals surface area contributed by atoms with Crippen molar-refractivity contribution in [3.05, 3.63) is 76.5 Å². The first kappa shape index (κ1) is 33.2. The van der Waals surface area contributed by atoms with Gasteiger partial charge in [0.05, 0.1) is 18.1 Å². The fourth-order valence-corrected chi connectivity index (χ4v) is 6.37. The van der Waals surface area contributed by atoms with Crippen LogP contribution in [0.1, 0.15) is 81.5 Å². The second-order valence-corrected chi connectivity index (χ2v) is 13.5. The molecule has 1 aromatic carbocycles. The van der Waals surface area contributed by atoms with Crippen molar-refractivity contribution in [3.8, 4) is 0 Å². The minimum absolute atomic E-state index is 0.122. The summed E-state index contributed by atoms with van der Waals surface area (Å²) in [5.41, 5.74) is 0.674. The van der Waals surface area contributed by atoms with Gasteiger partial charge in [0, 0.05) is 23.9 Å². The lowest BCUT2D eigenvalue weighted by molar-refractivity contribution is -0.131. The number of aliphatic hydroxyl groups is 1. The van der Waals surface area contributed by atoms with E-state index in [0.717, 1.165) is 36.1 Å². The first-order chi connectivity index (χ1) is 21.1. The van der Waals surface area contributed by atoms with Gasteiger partial charge in [-0.25, -0.2) is 9.78 Å². The summed E-state index contributed by atoms with van der Waals surface area (Å²) in [5.74, 6) is -0.553. The highest BCUT2D eigenvalue weighted by Crippen LogP contribution is 2.32. The van der Waals surface area contributed by atoms with Gasteiger partial charge in [0.2, 0.25) is 11.8 Å². The molecule has 44 heavy (non-hydrogen) atoms. The number of aliphatic hydroxyl groups excluding tert-OH is 1. The maximum atomic E-state index is 13.9. The highest BCUT2D eigenvalue weighted by atomic mass is 32.1. The molecule has 2 aromatic heterocycles. The van der Waals surface area contributed by atoms with Crippen LogP contribution in [-0.2, 0) is 27.2 Å². The largest absolute Gasteiger partial charge is 0.444 e. The molecular formula is C33H45N5O5S. The third-order valence-corrected chi connectivity index (χ3v) is 8.69. The van der Waals surface area contributed by atoms with Crippen molar-refractivity contribution in [3.63, 3.8) is 0 Å². The van der Waals surface area contributed by atoms with Crippen LogP contribution in [-0.4, -0.2) is 56.7 Å². The number of imidazole rings is 1. The minimum Gasteiger partial charge on any atom is -0.444 e. The summed E-state index contributed by atoms with van der Waals surface area (Å²) in [6, 6.07) is 10.5. The number of ether oxygens (including phenoxy) is 1. The van der Waals surface area contributed by atoms with Crippen molar-refractivity contribution in [2.45, 2.75) is 102 Å². The molecule has 0 radical (unpaired) electrons. The van der Waals surface area contributed by atoms with Crippen molar-refractivity contribution < 1.29 is 24.2 Å². The van der Waals surface area contributed by atoms with Crippen molar-refractivity contribution in [1.29, 1.82) is 0 Å². The summed E-state index contributed by atoms with van der Waals surface area (Å²) in [4.78, 5) is 48.4. The lowest BCUT2D eigenvalue weighted by Gasteiger charge is -2.31. The molecule has 1 saturated carbocycles. The fraction of sp³-hybridized carbons (Fsp3) is 0.515. The number of aromatic nitrogens is 2. The Morgan fingerprint density at radius 2 is 1.68 bits per heavy atom. The fourth-order valence-electron chi connectivity index (χ4n) is 5.59. The van der Waals surface area contributed by atoms with Crippen molar-refractivity contribution in [2.24, 2.45) is 5.92 Å². The molecule has 3 amide bonds. The molecule has 0 bridgehead atoms. The number of carbonyl (C=O) groups excluding carboxylic acids is 3. The molecule has 1 aliphatic carbocycles. The first-order valence-electron chi connectivity index (χ1n) is 15.4. The van der Waals surface area contributed by atoms with Crippen molar-refractivity contribution in [1.82, 2.24) is 25.9 Å². The van der Waals surface area contributed by atoms with Gasteiger partial charge in [-0.3, -0.25) is 9.59 Å². The van der Waals surface area contributed by atoms with Crippen LogP contribution in [0.25, 0.3) is 0 Å². The number of aromatic amines is 1. The molecule has 5 N–H and O–H groups in total. The Labute approximate surface area is 263 Å². The number of carbonyl (C=O) groups is 3. The van der Waals surface area contributed by atoms with E-state index in [2.05, 4.69) is 25.9 Å². The second kappa shape index (κ2) is 15.9. The van der Waals surface area contributed by atoms with E-state index in [4.69, 9.17) is 4.74 Å². The molecule has 4 atom stereocenters. The summed E-state index contributed by atoms with van der Waals surface area (Å²) < 4.78 is 5.43. The molecule has 0 saturated heterocycles. The third kappa shape index (κ3) is 10.5. The van der Waals surface area contributed by atoms with Crippen LogP contribution in [0.15, 0.2) is 60.4 Å². The molecule has 11 heteroatoms. The van der Waals surface area contributed by atoms with E-state index < -0.39 is 47.7 Å². The van der Waals surface area contributed by atoms with Crippen LogP contribution >= 0.6 is 11.3 Å². The summed E-state index contributed by atoms with van der Waals surface area (Å²) in [6.45, 7) is 5.24. The van der Waals surface area contributed by atoms with Gasteiger partial charge in [-0.15, -0.1) is 11.3 Å². The predicted molar refractivity (Wildman–Crippen MR) is 170 cm³/mol. The number of benzene rings is 1. The normalized spacial score (nSPS) is 16.7. The van der Waals surface area contributed by atoms with E-state index in [1.165, 1.54) is 24.1 Å². The molecule has 0 spiro atoms. The van der Waals surface area contributed by atoms with Gasteiger partial charge >= 0.3 is 6.09 Å². The summed E-state index contributed by atoms with van der Waals surface area (Å²) in [7, 11) is 0. The average molecular weight is 624 g/mol. The Morgan fingerprint density at radius 1 is 0.977 bits per heavy atom. The summed E-state index contributed by atoms with van der Waals surface area (Å²) in [5, 5.41) is 21.9. The maximum Gasteiger partial charge on any atom is 0.408 e. The maximum absolute atomic E-state index is 13.9.